The van der Waals surface area contributed by atoms with Crippen LogP contribution in [0.5, 0.6) is 0 Å². The predicted molar refractivity (Wildman–Crippen MR) is 70.4 cm³/mol. The Balaban J connectivity index is 2.04. The van der Waals surface area contributed by atoms with Crippen LogP contribution in [0.2, 0.25) is 0 Å². The van der Waals surface area contributed by atoms with Gasteiger partial charge in [0, 0.05) is 18.4 Å². The van der Waals surface area contributed by atoms with E-state index in [1.54, 1.807) is 12.3 Å². The number of aromatic nitrogens is 2. The highest BCUT2D eigenvalue weighted by molar-refractivity contribution is 5.99. The van der Waals surface area contributed by atoms with Gasteiger partial charge in [0.25, 0.3) is 5.91 Å². The number of para-hydroxylation sites is 1. The SMILES string of the molecule is CCNc1ccccc1C(=O)NCc1ccn[nH]1. The minimum Gasteiger partial charge on any atom is -0.385 e. The molecule has 1 heterocycles. The molecule has 1 aromatic carbocycles. The van der Waals surface area contributed by atoms with Crippen LogP contribution in [0.15, 0.2) is 36.5 Å². The largest absolute Gasteiger partial charge is 0.385 e. The highest BCUT2D eigenvalue weighted by atomic mass is 16.1. The second kappa shape index (κ2) is 5.86. The number of hydrogen-bond acceptors (Lipinski definition) is 3. The van der Waals surface area contributed by atoms with Crippen molar-refractivity contribution < 1.29 is 4.79 Å². The van der Waals surface area contributed by atoms with E-state index in [1.807, 2.05) is 31.2 Å². The van der Waals surface area contributed by atoms with Gasteiger partial charge in [0.1, 0.15) is 0 Å². The van der Waals surface area contributed by atoms with Crippen molar-refractivity contribution in [1.82, 2.24) is 15.5 Å². The van der Waals surface area contributed by atoms with Gasteiger partial charge in [-0.05, 0) is 25.1 Å². The van der Waals surface area contributed by atoms with Crippen molar-refractivity contribution in [2.24, 2.45) is 0 Å². The van der Waals surface area contributed by atoms with Crippen molar-refractivity contribution in [2.75, 3.05) is 11.9 Å². The Hall–Kier alpha value is -2.30. The van der Waals surface area contributed by atoms with Gasteiger partial charge in [0.2, 0.25) is 0 Å². The van der Waals surface area contributed by atoms with Gasteiger partial charge in [-0.2, -0.15) is 5.10 Å². The summed E-state index contributed by atoms with van der Waals surface area (Å²) < 4.78 is 0. The third kappa shape index (κ3) is 2.88. The van der Waals surface area contributed by atoms with E-state index in [4.69, 9.17) is 0 Å². The predicted octanol–water partition coefficient (Wildman–Crippen LogP) is 1.77. The first-order chi connectivity index (χ1) is 8.81. The molecule has 0 spiro atoms. The van der Waals surface area contributed by atoms with Gasteiger partial charge in [-0.3, -0.25) is 9.89 Å². The normalized spacial score (nSPS) is 10.1. The van der Waals surface area contributed by atoms with Gasteiger partial charge in [0.05, 0.1) is 17.8 Å². The summed E-state index contributed by atoms with van der Waals surface area (Å²) in [5.41, 5.74) is 2.38. The van der Waals surface area contributed by atoms with Gasteiger partial charge >= 0.3 is 0 Å². The van der Waals surface area contributed by atoms with Gasteiger partial charge in [-0.15, -0.1) is 0 Å². The second-order valence-electron chi connectivity index (χ2n) is 3.84. The summed E-state index contributed by atoms with van der Waals surface area (Å²) in [7, 11) is 0. The van der Waals surface area contributed by atoms with Gasteiger partial charge in [-0.25, -0.2) is 0 Å². The average molecular weight is 244 g/mol. The lowest BCUT2D eigenvalue weighted by Gasteiger charge is -2.10. The zero-order valence-corrected chi connectivity index (χ0v) is 10.2. The average Bonchev–Trinajstić information content (AvgIpc) is 2.90. The summed E-state index contributed by atoms with van der Waals surface area (Å²) >= 11 is 0. The van der Waals surface area contributed by atoms with Crippen LogP contribution in [0.25, 0.3) is 0 Å². The molecule has 0 saturated carbocycles. The Morgan fingerprint density at radius 3 is 2.89 bits per heavy atom. The van der Waals surface area contributed by atoms with Crippen molar-refractivity contribution in [1.29, 1.82) is 0 Å². The molecule has 3 N–H and O–H groups in total. The topological polar surface area (TPSA) is 69.8 Å². The van der Waals surface area contributed by atoms with Crippen LogP contribution in [0.4, 0.5) is 5.69 Å². The number of anilines is 1. The maximum atomic E-state index is 12.1. The van der Waals surface area contributed by atoms with E-state index in [9.17, 15) is 4.79 Å². The third-order valence-electron chi connectivity index (χ3n) is 2.54. The molecule has 18 heavy (non-hydrogen) atoms. The summed E-state index contributed by atoms with van der Waals surface area (Å²) in [5.74, 6) is -0.0962. The van der Waals surface area contributed by atoms with Crippen molar-refractivity contribution in [3.8, 4) is 0 Å². The molecule has 0 aliphatic rings. The Morgan fingerprint density at radius 1 is 1.33 bits per heavy atom. The summed E-state index contributed by atoms with van der Waals surface area (Å²) in [4.78, 5) is 12.1. The van der Waals surface area contributed by atoms with Crippen LogP contribution >= 0.6 is 0 Å². The van der Waals surface area contributed by atoms with Crippen molar-refractivity contribution in [3.05, 3.63) is 47.8 Å². The quantitative estimate of drug-likeness (QED) is 0.750. The van der Waals surface area contributed by atoms with E-state index in [2.05, 4.69) is 20.8 Å². The second-order valence-corrected chi connectivity index (χ2v) is 3.84. The Morgan fingerprint density at radius 2 is 2.17 bits per heavy atom. The molecule has 94 valence electrons. The first kappa shape index (κ1) is 12.2. The maximum Gasteiger partial charge on any atom is 0.253 e. The molecule has 0 bridgehead atoms. The van der Waals surface area contributed by atoms with Crippen LogP contribution in [0.1, 0.15) is 23.0 Å². The number of nitrogens with one attached hydrogen (secondary N) is 3. The van der Waals surface area contributed by atoms with E-state index in [1.165, 1.54) is 0 Å². The standard InChI is InChI=1S/C13H16N4O/c1-2-14-12-6-4-3-5-11(12)13(18)15-9-10-7-8-16-17-10/h3-8,14H,2,9H2,1H3,(H,15,18)(H,16,17). The first-order valence-electron chi connectivity index (χ1n) is 5.90. The number of carbonyl (C=O) groups excluding carboxylic acids is 1. The maximum absolute atomic E-state index is 12.1. The fourth-order valence-corrected chi connectivity index (χ4v) is 1.68. The molecule has 2 aromatic rings. The number of benzene rings is 1. The van der Waals surface area contributed by atoms with Crippen LogP contribution < -0.4 is 10.6 Å². The minimum atomic E-state index is -0.0962. The molecule has 5 nitrogen and oxygen atoms in total. The Labute approximate surface area is 106 Å². The van der Waals surface area contributed by atoms with E-state index in [0.29, 0.717) is 12.1 Å². The molecule has 0 aliphatic heterocycles. The summed E-state index contributed by atoms with van der Waals surface area (Å²) in [6.45, 7) is 3.23. The molecule has 0 aliphatic carbocycles. The number of aromatic amines is 1. The van der Waals surface area contributed by atoms with E-state index >= 15 is 0 Å². The van der Waals surface area contributed by atoms with Crippen LogP contribution in [-0.4, -0.2) is 22.6 Å². The fraction of sp³-hybridized carbons (Fsp3) is 0.231. The number of carbonyl (C=O) groups is 1. The fourth-order valence-electron chi connectivity index (χ4n) is 1.68. The lowest BCUT2D eigenvalue weighted by molar-refractivity contribution is 0.0951. The molecule has 0 saturated heterocycles. The number of H-pyrrole nitrogens is 1. The molecule has 5 heteroatoms. The number of amides is 1. The lowest BCUT2D eigenvalue weighted by atomic mass is 10.1. The first-order valence-corrected chi connectivity index (χ1v) is 5.90. The molecular formula is C13H16N4O. The third-order valence-corrected chi connectivity index (χ3v) is 2.54. The highest BCUT2D eigenvalue weighted by Gasteiger charge is 2.09. The zero-order valence-electron chi connectivity index (χ0n) is 10.2. The monoisotopic (exact) mass is 244 g/mol. The molecular weight excluding hydrogens is 228 g/mol. The Bertz CT molecular complexity index is 507. The van der Waals surface area contributed by atoms with Gasteiger partial charge < -0.3 is 10.6 Å². The molecule has 0 atom stereocenters. The molecule has 1 amide bonds. The number of nitrogens with zero attached hydrogens (tertiary/aromatic N) is 1. The van der Waals surface area contributed by atoms with Crippen LogP contribution in [0, 0.1) is 0 Å². The van der Waals surface area contributed by atoms with Gasteiger partial charge in [0.15, 0.2) is 0 Å². The highest BCUT2D eigenvalue weighted by Crippen LogP contribution is 2.14. The van der Waals surface area contributed by atoms with Crippen molar-refractivity contribution >= 4 is 11.6 Å². The van der Waals surface area contributed by atoms with Crippen molar-refractivity contribution in [2.45, 2.75) is 13.5 Å². The van der Waals surface area contributed by atoms with E-state index in [0.717, 1.165) is 17.9 Å². The zero-order chi connectivity index (χ0) is 12.8. The number of rotatable bonds is 5. The Kier molecular flexibility index (Phi) is 3.96. The van der Waals surface area contributed by atoms with Crippen molar-refractivity contribution in [3.63, 3.8) is 0 Å². The lowest BCUT2D eigenvalue weighted by Crippen LogP contribution is -2.24. The van der Waals surface area contributed by atoms with E-state index in [-0.39, 0.29) is 5.91 Å². The molecule has 0 fully saturated rings. The smallest absolute Gasteiger partial charge is 0.253 e. The van der Waals surface area contributed by atoms with E-state index < -0.39 is 0 Å². The molecule has 0 unspecified atom stereocenters. The number of hydrogen-bond donors (Lipinski definition) is 3. The summed E-state index contributed by atoms with van der Waals surface area (Å²) in [5, 5.41) is 12.7. The van der Waals surface area contributed by atoms with Crippen LogP contribution in [0.3, 0.4) is 0 Å². The molecule has 2 rings (SSSR count). The van der Waals surface area contributed by atoms with Crippen LogP contribution in [-0.2, 0) is 6.54 Å². The molecule has 0 radical (unpaired) electrons. The summed E-state index contributed by atoms with van der Waals surface area (Å²) in [6, 6.07) is 9.29. The summed E-state index contributed by atoms with van der Waals surface area (Å²) in [6.07, 6.45) is 1.66. The molecule has 1 aromatic heterocycles. The van der Waals surface area contributed by atoms with Gasteiger partial charge in [-0.1, -0.05) is 12.1 Å². The minimum absolute atomic E-state index is 0.0962.